The van der Waals surface area contributed by atoms with Crippen LogP contribution in [0.3, 0.4) is 0 Å². The maximum absolute atomic E-state index is 11.9. The number of nitrogens with one attached hydrogen (secondary N) is 1. The second-order valence-electron chi connectivity index (χ2n) is 6.66. The smallest absolute Gasteiger partial charge is 0.175 e. The van der Waals surface area contributed by atoms with E-state index in [4.69, 9.17) is 0 Å². The number of H-pyrrole nitrogens is 1. The molecule has 5 nitrogen and oxygen atoms in total. The molecule has 2 aromatic carbocycles. The number of aryl methyl sites for hydroxylation is 1. The predicted molar refractivity (Wildman–Crippen MR) is 96.1 cm³/mol. The van der Waals surface area contributed by atoms with Crippen LogP contribution < -0.4 is 0 Å². The number of nitrogens with zero attached hydrogens (tertiary/aromatic N) is 2. The molecule has 1 saturated carbocycles. The zero-order valence-corrected chi connectivity index (χ0v) is 14.8. The van der Waals surface area contributed by atoms with Crippen molar-refractivity contribution in [2.75, 3.05) is 6.26 Å². The summed E-state index contributed by atoms with van der Waals surface area (Å²) in [6, 6.07) is 11.2. The number of fused-ring (bicyclic) bond motifs is 1. The molecule has 4 rings (SSSR count). The van der Waals surface area contributed by atoms with Gasteiger partial charge in [0.25, 0.3) is 0 Å². The maximum Gasteiger partial charge on any atom is 0.175 e. The normalized spacial score (nSPS) is 14.6. The van der Waals surface area contributed by atoms with Crippen molar-refractivity contribution in [1.82, 2.24) is 10.2 Å². The van der Waals surface area contributed by atoms with Crippen molar-refractivity contribution in [3.8, 4) is 17.2 Å². The number of sulfone groups is 1. The number of rotatable bonds is 3. The highest BCUT2D eigenvalue weighted by atomic mass is 32.2. The van der Waals surface area contributed by atoms with Gasteiger partial charge in [-0.05, 0) is 49.1 Å². The lowest BCUT2D eigenvalue weighted by Crippen LogP contribution is -2.00. The minimum absolute atomic E-state index is 0.316. The van der Waals surface area contributed by atoms with Gasteiger partial charge in [-0.1, -0.05) is 12.1 Å². The average Bonchev–Trinajstić information content (AvgIpc) is 3.31. The van der Waals surface area contributed by atoms with Gasteiger partial charge in [0, 0.05) is 23.1 Å². The van der Waals surface area contributed by atoms with Crippen LogP contribution in [0.5, 0.6) is 0 Å². The van der Waals surface area contributed by atoms with E-state index in [0.717, 1.165) is 40.6 Å². The van der Waals surface area contributed by atoms with E-state index in [1.807, 2.05) is 12.1 Å². The third kappa shape index (κ3) is 2.61. The molecule has 1 heterocycles. The van der Waals surface area contributed by atoms with Gasteiger partial charge in [-0.25, -0.2) is 8.42 Å². The number of aromatic nitrogens is 2. The topological polar surface area (TPSA) is 86.6 Å². The zero-order chi connectivity index (χ0) is 17.8. The summed E-state index contributed by atoms with van der Waals surface area (Å²) in [5.74, 6) is 0.442. The molecule has 0 bridgehead atoms. The Labute approximate surface area is 146 Å². The molecule has 6 heteroatoms. The molecular weight excluding hydrogens is 334 g/mol. The highest BCUT2D eigenvalue weighted by Gasteiger charge is 2.30. The Kier molecular flexibility index (Phi) is 3.44. The summed E-state index contributed by atoms with van der Waals surface area (Å²) in [6.45, 7) is 1.78. The molecule has 1 aromatic heterocycles. The lowest BCUT2D eigenvalue weighted by molar-refractivity contribution is 0.601. The minimum Gasteiger partial charge on any atom is -0.278 e. The van der Waals surface area contributed by atoms with Crippen LogP contribution in [0.2, 0.25) is 0 Å². The van der Waals surface area contributed by atoms with Crippen molar-refractivity contribution in [1.29, 1.82) is 5.26 Å². The Bertz CT molecular complexity index is 1150. The third-order valence-corrected chi connectivity index (χ3v) is 5.96. The molecular formula is C19H17N3O2S. The molecule has 1 aliphatic carbocycles. The number of hydrogen-bond donors (Lipinski definition) is 1. The summed E-state index contributed by atoms with van der Waals surface area (Å²) in [5, 5.41) is 18.1. The number of aromatic amines is 1. The molecule has 1 fully saturated rings. The Morgan fingerprint density at radius 1 is 1.24 bits per heavy atom. The van der Waals surface area contributed by atoms with Crippen molar-refractivity contribution in [3.63, 3.8) is 0 Å². The standard InChI is InChI=1S/C19H17N3O2S/c1-11-9-13(6-8-16(11)25(2,23)24)17-14(10-20)5-7-15-18(17)19(22-21-15)12-3-4-12/h5-9,12H,3-4H2,1-2H3,(H,21,22). The zero-order valence-electron chi connectivity index (χ0n) is 14.0. The van der Waals surface area contributed by atoms with Crippen molar-refractivity contribution >= 4 is 20.7 Å². The molecule has 0 radical (unpaired) electrons. The molecule has 0 spiro atoms. The van der Waals surface area contributed by atoms with Crippen LogP contribution in [-0.4, -0.2) is 24.9 Å². The Morgan fingerprint density at radius 2 is 2.00 bits per heavy atom. The van der Waals surface area contributed by atoms with Crippen molar-refractivity contribution in [3.05, 3.63) is 47.2 Å². The number of hydrogen-bond acceptors (Lipinski definition) is 4. The van der Waals surface area contributed by atoms with E-state index in [-0.39, 0.29) is 0 Å². The van der Waals surface area contributed by atoms with Gasteiger partial charge in [0.15, 0.2) is 9.84 Å². The van der Waals surface area contributed by atoms with E-state index < -0.39 is 9.84 Å². The van der Waals surface area contributed by atoms with E-state index in [0.29, 0.717) is 21.9 Å². The van der Waals surface area contributed by atoms with E-state index in [2.05, 4.69) is 16.3 Å². The fourth-order valence-corrected chi connectivity index (χ4v) is 4.36. The first-order chi connectivity index (χ1) is 11.9. The fraction of sp³-hybridized carbons (Fsp3) is 0.263. The molecule has 1 aliphatic rings. The van der Waals surface area contributed by atoms with Crippen molar-refractivity contribution in [2.45, 2.75) is 30.6 Å². The highest BCUT2D eigenvalue weighted by molar-refractivity contribution is 7.90. The molecule has 0 amide bonds. The van der Waals surface area contributed by atoms with Gasteiger partial charge in [0.1, 0.15) is 0 Å². The number of benzene rings is 2. The van der Waals surface area contributed by atoms with E-state index in [1.54, 1.807) is 25.1 Å². The van der Waals surface area contributed by atoms with Crippen LogP contribution in [0.15, 0.2) is 35.2 Å². The van der Waals surface area contributed by atoms with Crippen molar-refractivity contribution in [2.24, 2.45) is 0 Å². The third-order valence-electron chi connectivity index (χ3n) is 4.71. The first-order valence-corrected chi connectivity index (χ1v) is 10.0. The van der Waals surface area contributed by atoms with E-state index in [9.17, 15) is 13.7 Å². The minimum atomic E-state index is -3.27. The summed E-state index contributed by atoms with van der Waals surface area (Å²) in [7, 11) is -3.27. The van der Waals surface area contributed by atoms with Gasteiger partial charge in [0.05, 0.1) is 27.7 Å². The van der Waals surface area contributed by atoms with Crippen LogP contribution in [0, 0.1) is 18.3 Å². The molecule has 126 valence electrons. The van der Waals surface area contributed by atoms with E-state index >= 15 is 0 Å². The van der Waals surface area contributed by atoms with Gasteiger partial charge in [-0.2, -0.15) is 10.4 Å². The average molecular weight is 351 g/mol. The lowest BCUT2D eigenvalue weighted by Gasteiger charge is -2.11. The van der Waals surface area contributed by atoms with Gasteiger partial charge in [-0.15, -0.1) is 0 Å². The maximum atomic E-state index is 11.9. The Balaban J connectivity index is 2.02. The molecule has 25 heavy (non-hydrogen) atoms. The Hall–Kier alpha value is -2.65. The van der Waals surface area contributed by atoms with Crippen LogP contribution in [0.4, 0.5) is 0 Å². The van der Waals surface area contributed by atoms with Gasteiger partial charge in [0.2, 0.25) is 0 Å². The summed E-state index contributed by atoms with van der Waals surface area (Å²) < 4.78 is 23.8. The first kappa shape index (κ1) is 15.9. The molecule has 0 aliphatic heterocycles. The predicted octanol–water partition coefficient (Wildman–Crippen LogP) is 3.69. The van der Waals surface area contributed by atoms with Crippen molar-refractivity contribution < 1.29 is 8.42 Å². The first-order valence-electron chi connectivity index (χ1n) is 8.12. The summed E-state index contributed by atoms with van der Waals surface area (Å²) in [6.07, 6.45) is 3.43. The van der Waals surface area contributed by atoms with Crippen LogP contribution >= 0.6 is 0 Å². The molecule has 0 saturated heterocycles. The fourth-order valence-electron chi connectivity index (χ4n) is 3.40. The lowest BCUT2D eigenvalue weighted by atomic mass is 9.93. The summed E-state index contributed by atoms with van der Waals surface area (Å²) in [4.78, 5) is 0.316. The Morgan fingerprint density at radius 3 is 2.60 bits per heavy atom. The second-order valence-corrected chi connectivity index (χ2v) is 8.64. The molecule has 0 unspecified atom stereocenters. The van der Waals surface area contributed by atoms with Gasteiger partial charge < -0.3 is 0 Å². The van der Waals surface area contributed by atoms with Gasteiger partial charge >= 0.3 is 0 Å². The van der Waals surface area contributed by atoms with Crippen LogP contribution in [0.25, 0.3) is 22.0 Å². The SMILES string of the molecule is Cc1cc(-c2c(C#N)ccc3[nH]nc(C4CC4)c23)ccc1S(C)(=O)=O. The molecule has 0 atom stereocenters. The van der Waals surface area contributed by atoms with Crippen LogP contribution in [0.1, 0.15) is 35.6 Å². The second kappa shape index (κ2) is 5.43. The van der Waals surface area contributed by atoms with Gasteiger partial charge in [-0.3, -0.25) is 5.10 Å². The molecule has 1 N–H and O–H groups in total. The largest absolute Gasteiger partial charge is 0.278 e. The summed E-state index contributed by atoms with van der Waals surface area (Å²) >= 11 is 0. The quantitative estimate of drug-likeness (QED) is 0.779. The highest BCUT2D eigenvalue weighted by Crippen LogP contribution is 2.45. The van der Waals surface area contributed by atoms with Crippen LogP contribution in [-0.2, 0) is 9.84 Å². The van der Waals surface area contributed by atoms with E-state index in [1.165, 1.54) is 6.26 Å². The monoisotopic (exact) mass is 351 g/mol. The number of nitriles is 1. The summed E-state index contributed by atoms with van der Waals surface area (Å²) in [5.41, 5.74) is 4.83. The molecule has 3 aromatic rings.